The molecule has 5 heteroatoms. The Morgan fingerprint density at radius 2 is 1.82 bits per heavy atom. The first-order chi connectivity index (χ1) is 13.6. The second kappa shape index (κ2) is 6.83. The zero-order chi connectivity index (χ0) is 19.3. The summed E-state index contributed by atoms with van der Waals surface area (Å²) in [5, 5.41) is 2.37. The molecule has 1 N–H and O–H groups in total. The summed E-state index contributed by atoms with van der Waals surface area (Å²) in [6, 6.07) is 19.5. The van der Waals surface area contributed by atoms with E-state index in [1.54, 1.807) is 11.9 Å². The number of hydrogen-bond acceptors (Lipinski definition) is 2. The fraction of sp³-hybridized carbons (Fsp3) is 0.0870. The van der Waals surface area contributed by atoms with Gasteiger partial charge in [-0.3, -0.25) is 3.97 Å². The molecule has 0 fully saturated rings. The number of fused-ring (bicyclic) bond motifs is 2. The van der Waals surface area contributed by atoms with Crippen molar-refractivity contribution in [1.29, 1.82) is 0 Å². The Hall–Kier alpha value is -2.50. The SMILES string of the molecule is Cc1ccc(Sn2c(C)c(-c3ccc4[nH]ccc4c3)c3cc(Br)cnc32)cc1. The van der Waals surface area contributed by atoms with Crippen LogP contribution in [0.15, 0.2) is 76.4 Å². The largest absolute Gasteiger partial charge is 0.361 e. The van der Waals surface area contributed by atoms with Gasteiger partial charge in [-0.2, -0.15) is 0 Å². The van der Waals surface area contributed by atoms with Crippen LogP contribution in [-0.4, -0.2) is 13.9 Å². The first-order valence-electron chi connectivity index (χ1n) is 9.09. The van der Waals surface area contributed by atoms with Crippen LogP contribution >= 0.6 is 27.9 Å². The van der Waals surface area contributed by atoms with Gasteiger partial charge in [0.2, 0.25) is 0 Å². The highest BCUT2D eigenvalue weighted by Crippen LogP contribution is 2.39. The monoisotopic (exact) mass is 447 g/mol. The van der Waals surface area contributed by atoms with Crippen LogP contribution in [-0.2, 0) is 0 Å². The Bertz CT molecular complexity index is 1320. The summed E-state index contributed by atoms with van der Waals surface area (Å²) in [4.78, 5) is 9.21. The fourth-order valence-corrected chi connectivity index (χ4v) is 4.88. The first-order valence-corrected chi connectivity index (χ1v) is 10.7. The molecule has 2 aromatic carbocycles. The normalized spacial score (nSPS) is 11.5. The van der Waals surface area contributed by atoms with Crippen LogP contribution in [0.4, 0.5) is 0 Å². The molecule has 0 aliphatic carbocycles. The maximum Gasteiger partial charge on any atom is 0.151 e. The number of pyridine rings is 1. The van der Waals surface area contributed by atoms with Crippen LogP contribution in [0.25, 0.3) is 33.1 Å². The molecule has 0 amide bonds. The van der Waals surface area contributed by atoms with Crippen molar-refractivity contribution in [1.82, 2.24) is 13.9 Å². The van der Waals surface area contributed by atoms with Crippen molar-refractivity contribution in [3.63, 3.8) is 0 Å². The summed E-state index contributed by atoms with van der Waals surface area (Å²) in [7, 11) is 0. The number of aromatic amines is 1. The molecule has 28 heavy (non-hydrogen) atoms. The van der Waals surface area contributed by atoms with E-state index in [4.69, 9.17) is 4.98 Å². The third-order valence-electron chi connectivity index (χ3n) is 5.02. The number of H-pyrrole nitrogens is 1. The number of hydrogen-bond donors (Lipinski definition) is 1. The van der Waals surface area contributed by atoms with E-state index in [1.165, 1.54) is 32.7 Å². The molecule has 5 rings (SSSR count). The second-order valence-corrected chi connectivity index (χ2v) is 8.90. The quantitative estimate of drug-likeness (QED) is 0.319. The summed E-state index contributed by atoms with van der Waals surface area (Å²) in [5.41, 5.74) is 7.03. The Kier molecular flexibility index (Phi) is 4.29. The number of nitrogens with zero attached hydrogens (tertiary/aromatic N) is 2. The molecule has 0 aliphatic rings. The average molecular weight is 448 g/mol. The molecular weight excluding hydrogens is 430 g/mol. The van der Waals surface area contributed by atoms with E-state index in [-0.39, 0.29) is 0 Å². The highest BCUT2D eigenvalue weighted by Gasteiger charge is 2.18. The predicted molar refractivity (Wildman–Crippen MR) is 122 cm³/mol. The van der Waals surface area contributed by atoms with E-state index >= 15 is 0 Å². The van der Waals surface area contributed by atoms with E-state index in [0.717, 1.165) is 21.0 Å². The van der Waals surface area contributed by atoms with Crippen LogP contribution in [0.5, 0.6) is 0 Å². The average Bonchev–Trinajstić information content (AvgIpc) is 3.25. The summed E-state index contributed by atoms with van der Waals surface area (Å²) < 4.78 is 3.23. The number of rotatable bonds is 3. The lowest BCUT2D eigenvalue weighted by molar-refractivity contribution is 1.17. The van der Waals surface area contributed by atoms with Gasteiger partial charge in [-0.05, 0) is 89.1 Å². The first kappa shape index (κ1) is 17.6. The molecular formula is C23H18BrN3S. The number of nitrogens with one attached hydrogen (secondary N) is 1. The van der Waals surface area contributed by atoms with Crippen LogP contribution in [0, 0.1) is 13.8 Å². The van der Waals surface area contributed by atoms with Gasteiger partial charge >= 0.3 is 0 Å². The van der Waals surface area contributed by atoms with Gasteiger partial charge in [0.15, 0.2) is 5.65 Å². The van der Waals surface area contributed by atoms with Crippen molar-refractivity contribution in [2.24, 2.45) is 0 Å². The standard InChI is InChI=1S/C23H18BrN3S/c1-14-3-6-19(7-4-14)28-27-15(2)22(20-12-18(24)13-26-23(20)27)17-5-8-21-16(11-17)9-10-25-21/h3-13,25H,1-2H3. The van der Waals surface area contributed by atoms with E-state index in [0.29, 0.717) is 0 Å². The Morgan fingerprint density at radius 1 is 1.00 bits per heavy atom. The second-order valence-electron chi connectivity index (χ2n) is 6.96. The smallest absolute Gasteiger partial charge is 0.151 e. The minimum atomic E-state index is 0.982. The zero-order valence-corrected chi connectivity index (χ0v) is 17.9. The molecule has 5 aromatic rings. The van der Waals surface area contributed by atoms with Crippen molar-refractivity contribution in [2.75, 3.05) is 0 Å². The molecule has 0 radical (unpaired) electrons. The van der Waals surface area contributed by atoms with E-state index in [1.807, 2.05) is 12.4 Å². The van der Waals surface area contributed by atoms with Gasteiger partial charge in [-0.1, -0.05) is 23.8 Å². The van der Waals surface area contributed by atoms with E-state index in [9.17, 15) is 0 Å². The molecule has 0 aliphatic heterocycles. The minimum absolute atomic E-state index is 0.982. The van der Waals surface area contributed by atoms with Crippen LogP contribution in [0.2, 0.25) is 0 Å². The highest BCUT2D eigenvalue weighted by atomic mass is 79.9. The van der Waals surface area contributed by atoms with Crippen LogP contribution in [0.3, 0.4) is 0 Å². The van der Waals surface area contributed by atoms with Crippen molar-refractivity contribution in [3.05, 3.63) is 82.7 Å². The summed E-state index contributed by atoms with van der Waals surface area (Å²) >= 11 is 5.31. The highest BCUT2D eigenvalue weighted by molar-refractivity contribution is 9.10. The molecule has 3 nitrogen and oxygen atoms in total. The molecule has 3 aromatic heterocycles. The van der Waals surface area contributed by atoms with Gasteiger partial charge in [-0.25, -0.2) is 4.98 Å². The van der Waals surface area contributed by atoms with Crippen LogP contribution in [0.1, 0.15) is 11.3 Å². The Balaban J connectivity index is 1.73. The Labute approximate surface area is 176 Å². The van der Waals surface area contributed by atoms with Gasteiger partial charge in [0, 0.05) is 43.9 Å². The predicted octanol–water partition coefficient (Wildman–Crippen LogP) is 7.12. The maximum atomic E-state index is 4.74. The van der Waals surface area contributed by atoms with Gasteiger partial charge in [0.05, 0.1) is 0 Å². The van der Waals surface area contributed by atoms with E-state index < -0.39 is 0 Å². The molecule has 0 bridgehead atoms. The summed E-state index contributed by atoms with van der Waals surface area (Å²) in [6.45, 7) is 4.28. The number of benzene rings is 2. The van der Waals surface area contributed by atoms with Gasteiger partial charge in [-0.15, -0.1) is 0 Å². The number of halogens is 1. The molecule has 0 spiro atoms. The molecule has 138 valence electrons. The third kappa shape index (κ3) is 2.95. The van der Waals surface area contributed by atoms with Crippen molar-refractivity contribution in [3.8, 4) is 11.1 Å². The van der Waals surface area contributed by atoms with Gasteiger partial charge in [0.25, 0.3) is 0 Å². The van der Waals surface area contributed by atoms with E-state index in [2.05, 4.69) is 93.3 Å². The van der Waals surface area contributed by atoms with Gasteiger partial charge in [0.1, 0.15) is 0 Å². The van der Waals surface area contributed by atoms with Crippen molar-refractivity contribution in [2.45, 2.75) is 18.7 Å². The van der Waals surface area contributed by atoms with Crippen molar-refractivity contribution < 1.29 is 0 Å². The molecule has 3 heterocycles. The molecule has 0 atom stereocenters. The lowest BCUT2D eigenvalue weighted by Crippen LogP contribution is -1.92. The fourth-order valence-electron chi connectivity index (χ4n) is 3.62. The topological polar surface area (TPSA) is 33.6 Å². The van der Waals surface area contributed by atoms with Gasteiger partial charge < -0.3 is 4.98 Å². The van der Waals surface area contributed by atoms with Crippen LogP contribution < -0.4 is 0 Å². The lowest BCUT2D eigenvalue weighted by atomic mass is 10.0. The lowest BCUT2D eigenvalue weighted by Gasteiger charge is -2.08. The molecule has 0 unspecified atom stereocenters. The summed E-state index contributed by atoms with van der Waals surface area (Å²) in [5.74, 6) is 0. The van der Waals surface area contributed by atoms with Crippen molar-refractivity contribution >= 4 is 49.8 Å². The maximum absolute atomic E-state index is 4.74. The Morgan fingerprint density at radius 3 is 2.64 bits per heavy atom. The third-order valence-corrected chi connectivity index (χ3v) is 6.57. The summed E-state index contributed by atoms with van der Waals surface area (Å²) in [6.07, 6.45) is 3.85. The molecule has 0 saturated carbocycles. The number of aromatic nitrogens is 3. The minimum Gasteiger partial charge on any atom is -0.361 e. The number of aryl methyl sites for hydroxylation is 1. The molecule has 0 saturated heterocycles. The zero-order valence-electron chi connectivity index (χ0n) is 15.5.